The van der Waals surface area contributed by atoms with Crippen molar-refractivity contribution >= 4 is 31.5 Å². The Morgan fingerprint density at radius 3 is 2.63 bits per heavy atom. The van der Waals surface area contributed by atoms with Crippen LogP contribution in [0.25, 0.3) is 11.4 Å². The highest BCUT2D eigenvalue weighted by atomic mass is 32.2. The second-order valence-corrected chi connectivity index (χ2v) is 10.2. The Bertz CT molecular complexity index is 1280. The van der Waals surface area contributed by atoms with Gasteiger partial charge in [-0.1, -0.05) is 0 Å². The topological polar surface area (TPSA) is 196 Å². The summed E-state index contributed by atoms with van der Waals surface area (Å²) in [5, 5.41) is 19.0. The van der Waals surface area contributed by atoms with Crippen LogP contribution in [0.5, 0.6) is 0 Å². The van der Waals surface area contributed by atoms with E-state index in [1.165, 1.54) is 12.1 Å². The summed E-state index contributed by atoms with van der Waals surface area (Å²) in [6.45, 7) is 1.23. The van der Waals surface area contributed by atoms with Crippen molar-refractivity contribution in [1.82, 2.24) is 30.2 Å². The van der Waals surface area contributed by atoms with Gasteiger partial charge in [-0.05, 0) is 30.3 Å². The number of sulfone groups is 1. The van der Waals surface area contributed by atoms with E-state index < -0.39 is 29.7 Å². The lowest BCUT2D eigenvalue weighted by Crippen LogP contribution is -2.23. The molecule has 0 fully saturated rings. The van der Waals surface area contributed by atoms with Gasteiger partial charge in [-0.2, -0.15) is 5.21 Å². The van der Waals surface area contributed by atoms with Crippen molar-refractivity contribution in [1.29, 1.82) is 0 Å². The van der Waals surface area contributed by atoms with Gasteiger partial charge in [-0.15, -0.1) is 10.2 Å². The Kier molecular flexibility index (Phi) is 5.05. The maximum atomic E-state index is 12.9. The molecular formula is C15H19N9O4S2. The van der Waals surface area contributed by atoms with Gasteiger partial charge in [-0.25, -0.2) is 27.0 Å². The summed E-state index contributed by atoms with van der Waals surface area (Å²) in [5.74, 6) is 0.138. The molecule has 1 aliphatic heterocycles. The number of imidazole rings is 1. The normalized spacial score (nSPS) is 14.3. The van der Waals surface area contributed by atoms with Crippen LogP contribution in [-0.4, -0.2) is 65.9 Å². The molecule has 0 radical (unpaired) electrons. The number of tetrazole rings is 1. The first-order valence-corrected chi connectivity index (χ1v) is 12.1. The van der Waals surface area contributed by atoms with Crippen LogP contribution in [0.3, 0.4) is 0 Å². The van der Waals surface area contributed by atoms with Crippen LogP contribution in [0.2, 0.25) is 0 Å². The van der Waals surface area contributed by atoms with E-state index in [-0.39, 0.29) is 30.1 Å². The molecule has 0 saturated heterocycles. The van der Waals surface area contributed by atoms with Crippen molar-refractivity contribution in [2.45, 2.75) is 22.8 Å². The Hall–Kier alpha value is -2.88. The van der Waals surface area contributed by atoms with Gasteiger partial charge in [0.2, 0.25) is 21.8 Å². The summed E-state index contributed by atoms with van der Waals surface area (Å²) >= 11 is 0. The molecule has 15 heteroatoms. The fourth-order valence-electron chi connectivity index (χ4n) is 3.43. The number of hydrogen-bond acceptors (Lipinski definition) is 10. The molecule has 0 bridgehead atoms. The number of aromatic amines is 1. The van der Waals surface area contributed by atoms with E-state index in [0.29, 0.717) is 24.7 Å². The molecule has 13 nitrogen and oxygen atoms in total. The van der Waals surface area contributed by atoms with Gasteiger partial charge in [0.15, 0.2) is 9.84 Å². The predicted molar refractivity (Wildman–Crippen MR) is 106 cm³/mol. The number of rotatable bonds is 7. The third-order valence-electron chi connectivity index (χ3n) is 4.70. The Balaban J connectivity index is 2.03. The molecule has 160 valence electrons. The van der Waals surface area contributed by atoms with E-state index in [9.17, 15) is 16.8 Å². The third-order valence-corrected chi connectivity index (χ3v) is 7.65. The first-order valence-electron chi connectivity index (χ1n) is 8.89. The molecule has 0 saturated carbocycles. The summed E-state index contributed by atoms with van der Waals surface area (Å²) in [5.41, 5.74) is 5.72. The van der Waals surface area contributed by atoms with Crippen molar-refractivity contribution < 1.29 is 16.8 Å². The smallest absolute Gasteiger partial charge is 0.240 e. The molecule has 30 heavy (non-hydrogen) atoms. The minimum absolute atomic E-state index is 0.0588. The van der Waals surface area contributed by atoms with Gasteiger partial charge in [0.25, 0.3) is 0 Å². The van der Waals surface area contributed by atoms with E-state index in [4.69, 9.17) is 10.9 Å². The highest BCUT2D eigenvalue weighted by Gasteiger charge is 2.34. The van der Waals surface area contributed by atoms with Gasteiger partial charge in [0, 0.05) is 25.5 Å². The van der Waals surface area contributed by atoms with E-state index in [0.717, 1.165) is 0 Å². The van der Waals surface area contributed by atoms with Crippen molar-refractivity contribution in [2.75, 3.05) is 23.7 Å². The van der Waals surface area contributed by atoms with Crippen LogP contribution < -0.4 is 15.8 Å². The second-order valence-electron chi connectivity index (χ2n) is 6.60. The zero-order valence-corrected chi connectivity index (χ0v) is 17.3. The lowest BCUT2D eigenvalue weighted by atomic mass is 10.1. The number of nitrogens with zero attached hydrogens (tertiary/aromatic N) is 6. The quantitative estimate of drug-likeness (QED) is 0.398. The molecule has 0 atom stereocenters. The van der Waals surface area contributed by atoms with Crippen LogP contribution in [0.1, 0.15) is 6.42 Å². The molecule has 4 rings (SSSR count). The molecule has 5 N–H and O–H groups in total. The van der Waals surface area contributed by atoms with Gasteiger partial charge in [0.1, 0.15) is 4.90 Å². The second kappa shape index (κ2) is 7.42. The van der Waals surface area contributed by atoms with Crippen molar-refractivity contribution in [3.63, 3.8) is 0 Å². The van der Waals surface area contributed by atoms with Gasteiger partial charge < -0.3 is 15.2 Å². The van der Waals surface area contributed by atoms with Crippen LogP contribution in [0.15, 0.2) is 34.3 Å². The monoisotopic (exact) mass is 453 g/mol. The van der Waals surface area contributed by atoms with E-state index in [2.05, 4.69) is 25.6 Å². The number of primary sulfonamides is 1. The molecule has 1 aliphatic rings. The fourth-order valence-corrected chi connectivity index (χ4v) is 6.41. The van der Waals surface area contributed by atoms with Crippen LogP contribution in [0.4, 0.5) is 11.6 Å². The summed E-state index contributed by atoms with van der Waals surface area (Å²) < 4.78 is 52.9. The Morgan fingerprint density at radius 1 is 1.17 bits per heavy atom. The molecule has 2 aromatic heterocycles. The summed E-state index contributed by atoms with van der Waals surface area (Å²) in [7, 11) is -8.50. The standard InChI is InChI=1S/C15H19N9O4S2/c16-4-1-9-29(25,26)11-3-2-10(24-8-7-23-6-5-18-15(23)24)12(13(11)30(17,27)28)14-19-21-22-20-14/h2-3,5-6H,1,4,7-9,16H2,(H2,17,27,28)(H,19,20,21,22). The zero-order valence-electron chi connectivity index (χ0n) is 15.6. The van der Waals surface area contributed by atoms with Gasteiger partial charge >= 0.3 is 0 Å². The lowest BCUT2D eigenvalue weighted by molar-refractivity contribution is 0.582. The zero-order chi connectivity index (χ0) is 21.5. The largest absolute Gasteiger partial charge is 0.330 e. The number of benzene rings is 1. The summed E-state index contributed by atoms with van der Waals surface area (Å²) in [6.07, 6.45) is 3.56. The third kappa shape index (κ3) is 3.45. The lowest BCUT2D eigenvalue weighted by Gasteiger charge is -2.22. The number of sulfonamides is 1. The summed E-state index contributed by atoms with van der Waals surface area (Å²) in [4.78, 5) is 5.03. The maximum absolute atomic E-state index is 12.9. The Morgan fingerprint density at radius 2 is 1.97 bits per heavy atom. The SMILES string of the molecule is NCCCS(=O)(=O)c1ccc(N2CCn3ccnc32)c(-c2nn[nH]n2)c1S(N)(=O)=O. The first-order chi connectivity index (χ1) is 14.2. The molecule has 0 spiro atoms. The van der Waals surface area contributed by atoms with Gasteiger partial charge in [-0.3, -0.25) is 0 Å². The molecule has 3 heterocycles. The predicted octanol–water partition coefficient (Wildman–Crippen LogP) is -1.02. The molecule has 0 aliphatic carbocycles. The molecular weight excluding hydrogens is 434 g/mol. The van der Waals surface area contributed by atoms with Crippen LogP contribution in [-0.2, 0) is 26.4 Å². The van der Waals surface area contributed by atoms with Crippen molar-refractivity contribution in [2.24, 2.45) is 10.9 Å². The molecule has 0 unspecified atom stereocenters. The highest BCUT2D eigenvalue weighted by Crippen LogP contribution is 2.41. The van der Waals surface area contributed by atoms with Crippen molar-refractivity contribution in [3.8, 4) is 11.4 Å². The fraction of sp³-hybridized carbons (Fsp3) is 0.333. The maximum Gasteiger partial charge on any atom is 0.240 e. The molecule has 3 aromatic rings. The molecule has 1 aromatic carbocycles. The van der Waals surface area contributed by atoms with Crippen molar-refractivity contribution in [3.05, 3.63) is 24.5 Å². The number of nitrogens with two attached hydrogens (primary N) is 2. The molecule has 0 amide bonds. The summed E-state index contributed by atoms with van der Waals surface area (Å²) in [6, 6.07) is 2.73. The highest BCUT2D eigenvalue weighted by molar-refractivity contribution is 7.93. The minimum Gasteiger partial charge on any atom is -0.330 e. The van der Waals surface area contributed by atoms with E-state index in [1.807, 2.05) is 4.57 Å². The number of aromatic nitrogens is 6. The number of nitrogens with one attached hydrogen (secondary N) is 1. The van der Waals surface area contributed by atoms with E-state index in [1.54, 1.807) is 17.3 Å². The number of hydrogen-bond donors (Lipinski definition) is 3. The number of anilines is 2. The van der Waals surface area contributed by atoms with Gasteiger partial charge in [0.05, 0.1) is 21.9 Å². The van der Waals surface area contributed by atoms with E-state index >= 15 is 0 Å². The first kappa shape index (κ1) is 20.4. The average Bonchev–Trinajstić information content (AvgIpc) is 3.42. The number of fused-ring (bicyclic) bond motifs is 1. The Labute approximate surface area is 172 Å². The average molecular weight is 454 g/mol. The van der Waals surface area contributed by atoms with Crippen LogP contribution in [0, 0.1) is 0 Å². The number of H-pyrrole nitrogens is 1. The minimum atomic E-state index is -4.50. The van der Waals surface area contributed by atoms with Crippen LogP contribution >= 0.6 is 0 Å².